The van der Waals surface area contributed by atoms with Crippen molar-refractivity contribution in [2.45, 2.75) is 57.9 Å². The summed E-state index contributed by atoms with van der Waals surface area (Å²) in [7, 11) is 0. The predicted molar refractivity (Wildman–Crippen MR) is 100 cm³/mol. The first-order valence-corrected chi connectivity index (χ1v) is 9.37. The Morgan fingerprint density at radius 1 is 1.26 bits per heavy atom. The summed E-state index contributed by atoms with van der Waals surface area (Å²) in [4.78, 5) is 25.0. The van der Waals surface area contributed by atoms with Crippen LogP contribution in [0.5, 0.6) is 11.5 Å². The van der Waals surface area contributed by atoms with Crippen LogP contribution >= 0.6 is 0 Å². The predicted octanol–water partition coefficient (Wildman–Crippen LogP) is 2.64. The summed E-state index contributed by atoms with van der Waals surface area (Å²) in [6.07, 6.45) is 2.22. The summed E-state index contributed by atoms with van der Waals surface area (Å²) < 4.78 is 11.6. The summed E-state index contributed by atoms with van der Waals surface area (Å²) in [5.74, 6) is -0.197. The van der Waals surface area contributed by atoms with E-state index in [0.29, 0.717) is 30.2 Å². The quantitative estimate of drug-likeness (QED) is 0.675. The standard InChI is InChI=1S/C19H27N3O5/c1-4-19(3)26-15-7-6-12(10-16(15)27-19)20-18(25)21-13-8-14(9-13)22(5-2)11-17(23)24/h6-7,10,13-14H,4-5,8-9,11H2,1-3H3,(H,23,24)(H2,20,21,25). The van der Waals surface area contributed by atoms with Crippen LogP contribution in [-0.2, 0) is 4.79 Å². The van der Waals surface area contributed by atoms with Gasteiger partial charge in [-0.2, -0.15) is 0 Å². The molecule has 1 heterocycles. The molecule has 27 heavy (non-hydrogen) atoms. The van der Waals surface area contributed by atoms with Gasteiger partial charge < -0.3 is 25.2 Å². The van der Waals surface area contributed by atoms with Gasteiger partial charge in [0, 0.05) is 37.2 Å². The Kier molecular flexibility index (Phi) is 5.46. The summed E-state index contributed by atoms with van der Waals surface area (Å²) in [5, 5.41) is 14.7. The topological polar surface area (TPSA) is 100 Å². The first kappa shape index (κ1) is 19.3. The number of likely N-dealkylation sites (N-methyl/N-ethyl adjacent to an activating group) is 1. The van der Waals surface area contributed by atoms with E-state index in [1.165, 1.54) is 0 Å². The van der Waals surface area contributed by atoms with Crippen LogP contribution < -0.4 is 20.1 Å². The van der Waals surface area contributed by atoms with Crippen LogP contribution in [0.3, 0.4) is 0 Å². The van der Waals surface area contributed by atoms with E-state index in [-0.39, 0.29) is 24.7 Å². The fraction of sp³-hybridized carbons (Fsp3) is 0.579. The molecule has 1 atom stereocenters. The van der Waals surface area contributed by atoms with Gasteiger partial charge in [0.1, 0.15) is 0 Å². The van der Waals surface area contributed by atoms with Crippen molar-refractivity contribution in [1.29, 1.82) is 0 Å². The number of nitrogens with one attached hydrogen (secondary N) is 2. The zero-order valence-corrected chi connectivity index (χ0v) is 15.9. The number of aliphatic carboxylic acids is 1. The monoisotopic (exact) mass is 377 g/mol. The Balaban J connectivity index is 1.48. The first-order chi connectivity index (χ1) is 12.8. The van der Waals surface area contributed by atoms with Crippen LogP contribution in [0.1, 0.15) is 40.0 Å². The molecule has 0 aromatic heterocycles. The lowest BCUT2D eigenvalue weighted by Crippen LogP contribution is -2.55. The van der Waals surface area contributed by atoms with Crippen molar-refractivity contribution in [3.63, 3.8) is 0 Å². The molecule has 1 unspecified atom stereocenters. The number of anilines is 1. The zero-order chi connectivity index (χ0) is 19.6. The summed E-state index contributed by atoms with van der Waals surface area (Å²) in [5.41, 5.74) is 0.632. The van der Waals surface area contributed by atoms with Crippen LogP contribution in [0.2, 0.25) is 0 Å². The van der Waals surface area contributed by atoms with Crippen LogP contribution in [0.4, 0.5) is 10.5 Å². The van der Waals surface area contributed by atoms with Gasteiger partial charge >= 0.3 is 12.0 Å². The molecule has 0 radical (unpaired) electrons. The van der Waals surface area contributed by atoms with Gasteiger partial charge in [-0.3, -0.25) is 9.69 Å². The largest absolute Gasteiger partial charge is 0.480 e. The van der Waals surface area contributed by atoms with E-state index in [1.54, 1.807) is 18.2 Å². The smallest absolute Gasteiger partial charge is 0.319 e. The molecule has 0 spiro atoms. The summed E-state index contributed by atoms with van der Waals surface area (Å²) >= 11 is 0. The lowest BCUT2D eigenvalue weighted by Gasteiger charge is -2.42. The van der Waals surface area contributed by atoms with Crippen molar-refractivity contribution in [3.8, 4) is 11.5 Å². The molecule has 8 heteroatoms. The van der Waals surface area contributed by atoms with Gasteiger partial charge in [-0.05, 0) is 31.5 Å². The van der Waals surface area contributed by atoms with Crippen molar-refractivity contribution in [1.82, 2.24) is 10.2 Å². The number of carbonyl (C=O) groups excluding carboxylic acids is 1. The maximum atomic E-state index is 12.2. The minimum atomic E-state index is -0.826. The third-order valence-electron chi connectivity index (χ3n) is 5.20. The molecule has 0 saturated heterocycles. The second-order valence-electron chi connectivity index (χ2n) is 7.23. The molecule has 1 aliphatic carbocycles. The molecule has 1 aliphatic heterocycles. The molecule has 1 fully saturated rings. The van der Waals surface area contributed by atoms with Crippen LogP contribution in [-0.4, -0.2) is 53.0 Å². The molecule has 3 rings (SSSR count). The maximum Gasteiger partial charge on any atom is 0.319 e. The molecule has 1 saturated carbocycles. The minimum Gasteiger partial charge on any atom is -0.480 e. The van der Waals surface area contributed by atoms with E-state index in [2.05, 4.69) is 10.6 Å². The zero-order valence-electron chi connectivity index (χ0n) is 15.9. The molecule has 2 amide bonds. The van der Waals surface area contributed by atoms with Crippen molar-refractivity contribution in [3.05, 3.63) is 18.2 Å². The maximum absolute atomic E-state index is 12.2. The number of ether oxygens (including phenoxy) is 2. The third kappa shape index (κ3) is 4.44. The summed E-state index contributed by atoms with van der Waals surface area (Å²) in [6, 6.07) is 5.29. The third-order valence-corrected chi connectivity index (χ3v) is 5.20. The molecule has 3 N–H and O–H groups in total. The highest BCUT2D eigenvalue weighted by Crippen LogP contribution is 2.42. The SMILES string of the molecule is CCN(CC(=O)O)C1CC(NC(=O)Nc2ccc3c(c2)OC(C)(CC)O3)C1. The van der Waals surface area contributed by atoms with Crippen molar-refractivity contribution in [2.24, 2.45) is 0 Å². The lowest BCUT2D eigenvalue weighted by atomic mass is 9.85. The Labute approximate surface area is 158 Å². The number of rotatable bonds is 7. The minimum absolute atomic E-state index is 0.0357. The summed E-state index contributed by atoms with van der Waals surface area (Å²) in [6.45, 7) is 6.53. The molecule has 8 nitrogen and oxygen atoms in total. The molecule has 1 aromatic rings. The van der Waals surface area contributed by atoms with Crippen molar-refractivity contribution in [2.75, 3.05) is 18.4 Å². The fourth-order valence-electron chi connectivity index (χ4n) is 3.41. The van der Waals surface area contributed by atoms with Gasteiger partial charge in [-0.15, -0.1) is 0 Å². The molecule has 0 bridgehead atoms. The van der Waals surface area contributed by atoms with E-state index in [0.717, 1.165) is 12.8 Å². The Morgan fingerprint density at radius 2 is 1.96 bits per heavy atom. The van der Waals surface area contributed by atoms with Gasteiger partial charge in [-0.1, -0.05) is 13.8 Å². The average Bonchev–Trinajstić information content (AvgIpc) is 2.92. The number of carbonyl (C=O) groups is 2. The highest BCUT2D eigenvalue weighted by atomic mass is 16.7. The second-order valence-corrected chi connectivity index (χ2v) is 7.23. The van der Waals surface area contributed by atoms with E-state index in [4.69, 9.17) is 14.6 Å². The molecular formula is C19H27N3O5. The van der Waals surface area contributed by atoms with Gasteiger partial charge in [0.2, 0.25) is 5.79 Å². The van der Waals surface area contributed by atoms with Gasteiger partial charge in [0.15, 0.2) is 11.5 Å². The van der Waals surface area contributed by atoms with Crippen LogP contribution in [0, 0.1) is 0 Å². The molecule has 1 aromatic carbocycles. The number of benzene rings is 1. The van der Waals surface area contributed by atoms with Crippen molar-refractivity contribution >= 4 is 17.7 Å². The normalized spacial score (nSPS) is 25.8. The number of hydrogen-bond acceptors (Lipinski definition) is 5. The molecule has 2 aliphatic rings. The van der Waals surface area contributed by atoms with E-state index in [9.17, 15) is 9.59 Å². The van der Waals surface area contributed by atoms with Gasteiger partial charge in [-0.25, -0.2) is 4.79 Å². The number of nitrogens with zero attached hydrogens (tertiary/aromatic N) is 1. The van der Waals surface area contributed by atoms with E-state index >= 15 is 0 Å². The van der Waals surface area contributed by atoms with Gasteiger partial charge in [0.05, 0.1) is 6.54 Å². The number of carboxylic acids is 1. The number of urea groups is 1. The Hall–Kier alpha value is -2.48. The lowest BCUT2D eigenvalue weighted by molar-refractivity contribution is -0.139. The Morgan fingerprint density at radius 3 is 2.59 bits per heavy atom. The van der Waals surface area contributed by atoms with Crippen LogP contribution in [0.15, 0.2) is 18.2 Å². The molecular weight excluding hydrogens is 350 g/mol. The highest BCUT2D eigenvalue weighted by Gasteiger charge is 2.36. The Bertz CT molecular complexity index is 719. The first-order valence-electron chi connectivity index (χ1n) is 9.37. The highest BCUT2D eigenvalue weighted by molar-refractivity contribution is 5.90. The molecule has 148 valence electrons. The average molecular weight is 377 g/mol. The van der Waals surface area contributed by atoms with Gasteiger partial charge in [0.25, 0.3) is 0 Å². The van der Waals surface area contributed by atoms with E-state index in [1.807, 2.05) is 25.7 Å². The second kappa shape index (κ2) is 7.64. The number of hydrogen-bond donors (Lipinski definition) is 3. The van der Waals surface area contributed by atoms with E-state index < -0.39 is 11.8 Å². The fourth-order valence-corrected chi connectivity index (χ4v) is 3.41. The van der Waals surface area contributed by atoms with Crippen LogP contribution in [0.25, 0.3) is 0 Å². The number of fused-ring (bicyclic) bond motifs is 1. The number of amides is 2. The number of carboxylic acid groups (broad SMARTS) is 1. The van der Waals surface area contributed by atoms with Crippen molar-refractivity contribution < 1.29 is 24.2 Å².